The number of benzene rings is 1. The highest BCUT2D eigenvalue weighted by atomic mass is 32.2. The average molecular weight is 395 g/mol. The normalized spacial score (nSPS) is 12.7. The highest BCUT2D eigenvalue weighted by Gasteiger charge is 2.17. The Hall–Kier alpha value is -1.70. The minimum absolute atomic E-state index is 0.0614. The van der Waals surface area contributed by atoms with E-state index in [-0.39, 0.29) is 23.4 Å². The highest BCUT2D eigenvalue weighted by molar-refractivity contribution is 7.89. The Kier molecular flexibility index (Phi) is 7.81. The topological polar surface area (TPSA) is 75.3 Å². The van der Waals surface area contributed by atoms with Crippen molar-refractivity contribution < 1.29 is 13.2 Å². The summed E-state index contributed by atoms with van der Waals surface area (Å²) >= 11 is 1.49. The molecule has 142 valence electrons. The van der Waals surface area contributed by atoms with Gasteiger partial charge >= 0.3 is 0 Å². The standard InChI is InChI=1S/C19H26N2O3S2/c1-3-4-5-8-15(2)21-19(22)16-9-6-11-18(13-16)26(23,24)20-14-17-10-7-12-25-17/h6-7,9-13,15,20H,3-5,8,14H2,1-2H3,(H,21,22). The van der Waals surface area contributed by atoms with Crippen LogP contribution < -0.4 is 10.0 Å². The van der Waals surface area contributed by atoms with Crippen LogP contribution in [0.4, 0.5) is 0 Å². The summed E-state index contributed by atoms with van der Waals surface area (Å²) in [5.74, 6) is -0.246. The molecule has 5 nitrogen and oxygen atoms in total. The predicted molar refractivity (Wildman–Crippen MR) is 106 cm³/mol. The molecule has 0 aliphatic heterocycles. The second-order valence-electron chi connectivity index (χ2n) is 6.30. The van der Waals surface area contributed by atoms with E-state index in [1.165, 1.54) is 23.5 Å². The molecule has 1 heterocycles. The summed E-state index contributed by atoms with van der Waals surface area (Å²) in [5.41, 5.74) is 0.353. The van der Waals surface area contributed by atoms with E-state index in [0.29, 0.717) is 5.56 Å². The van der Waals surface area contributed by atoms with Crippen LogP contribution in [-0.4, -0.2) is 20.4 Å². The molecule has 1 atom stereocenters. The Bertz CT molecular complexity index is 802. The second-order valence-corrected chi connectivity index (χ2v) is 9.10. The van der Waals surface area contributed by atoms with E-state index in [1.807, 2.05) is 24.4 Å². The first kappa shape index (κ1) is 20.6. The third-order valence-electron chi connectivity index (χ3n) is 4.04. The number of carbonyl (C=O) groups is 1. The maximum Gasteiger partial charge on any atom is 0.251 e. The van der Waals surface area contributed by atoms with E-state index in [1.54, 1.807) is 12.1 Å². The van der Waals surface area contributed by atoms with Crippen molar-refractivity contribution in [2.75, 3.05) is 0 Å². The van der Waals surface area contributed by atoms with Crippen molar-refractivity contribution in [3.8, 4) is 0 Å². The van der Waals surface area contributed by atoms with E-state index in [9.17, 15) is 13.2 Å². The number of amides is 1. The summed E-state index contributed by atoms with van der Waals surface area (Å²) in [7, 11) is -3.66. The molecule has 2 N–H and O–H groups in total. The number of carbonyl (C=O) groups excluding carboxylic acids is 1. The second kappa shape index (κ2) is 9.85. The number of nitrogens with one attached hydrogen (secondary N) is 2. The molecule has 0 saturated carbocycles. The van der Waals surface area contributed by atoms with Gasteiger partial charge in [-0.1, -0.05) is 38.3 Å². The zero-order valence-corrected chi connectivity index (χ0v) is 16.8. The van der Waals surface area contributed by atoms with E-state index >= 15 is 0 Å². The molecular weight excluding hydrogens is 368 g/mol. The van der Waals surface area contributed by atoms with E-state index in [2.05, 4.69) is 17.0 Å². The molecule has 0 radical (unpaired) electrons. The molecule has 0 saturated heterocycles. The van der Waals surface area contributed by atoms with Gasteiger partial charge in [0.25, 0.3) is 5.91 Å². The van der Waals surface area contributed by atoms with Gasteiger partial charge < -0.3 is 5.32 Å². The average Bonchev–Trinajstić information content (AvgIpc) is 3.14. The van der Waals surface area contributed by atoms with Crippen LogP contribution in [0.25, 0.3) is 0 Å². The zero-order valence-electron chi connectivity index (χ0n) is 15.2. The molecule has 1 amide bonds. The van der Waals surface area contributed by atoms with Crippen LogP contribution in [0.2, 0.25) is 0 Å². The third-order valence-corrected chi connectivity index (χ3v) is 6.32. The number of unbranched alkanes of at least 4 members (excludes halogenated alkanes) is 2. The first-order valence-corrected chi connectivity index (χ1v) is 11.2. The van der Waals surface area contributed by atoms with Gasteiger partial charge in [-0.3, -0.25) is 4.79 Å². The first-order chi connectivity index (χ1) is 12.4. The monoisotopic (exact) mass is 394 g/mol. The number of hydrogen-bond donors (Lipinski definition) is 2. The molecule has 1 aromatic carbocycles. The van der Waals surface area contributed by atoms with Gasteiger partial charge in [-0.25, -0.2) is 13.1 Å². The van der Waals surface area contributed by atoms with Crippen LogP contribution in [-0.2, 0) is 16.6 Å². The molecule has 1 unspecified atom stereocenters. The minimum atomic E-state index is -3.66. The molecule has 0 aliphatic rings. The van der Waals surface area contributed by atoms with E-state index in [0.717, 1.165) is 30.6 Å². The lowest BCUT2D eigenvalue weighted by molar-refractivity contribution is 0.0937. The summed E-state index contributed by atoms with van der Waals surface area (Å²) in [4.78, 5) is 13.4. The number of hydrogen-bond acceptors (Lipinski definition) is 4. The van der Waals surface area contributed by atoms with Crippen molar-refractivity contribution in [1.29, 1.82) is 0 Å². The van der Waals surface area contributed by atoms with Crippen LogP contribution in [0.5, 0.6) is 0 Å². The number of thiophene rings is 1. The quantitative estimate of drug-likeness (QED) is 0.600. The number of rotatable bonds is 10. The molecular formula is C19H26N2O3S2. The highest BCUT2D eigenvalue weighted by Crippen LogP contribution is 2.14. The van der Waals surface area contributed by atoms with Gasteiger partial charge in [-0.2, -0.15) is 0 Å². The maximum atomic E-state index is 12.5. The van der Waals surface area contributed by atoms with Crippen LogP contribution in [0, 0.1) is 0 Å². The van der Waals surface area contributed by atoms with Crippen LogP contribution >= 0.6 is 11.3 Å². The van der Waals surface area contributed by atoms with Gasteiger partial charge in [0.05, 0.1) is 4.90 Å². The molecule has 2 rings (SSSR count). The van der Waals surface area contributed by atoms with Crippen molar-refractivity contribution in [3.05, 3.63) is 52.2 Å². The van der Waals surface area contributed by atoms with Crippen molar-refractivity contribution >= 4 is 27.3 Å². The Morgan fingerprint density at radius 1 is 1.19 bits per heavy atom. The van der Waals surface area contributed by atoms with Crippen LogP contribution in [0.1, 0.15) is 54.8 Å². The molecule has 0 aliphatic carbocycles. The molecule has 0 bridgehead atoms. The van der Waals surface area contributed by atoms with Gasteiger partial charge in [0.1, 0.15) is 0 Å². The summed E-state index contributed by atoms with van der Waals surface area (Å²) in [6, 6.07) is 9.95. The lowest BCUT2D eigenvalue weighted by Gasteiger charge is -2.14. The Morgan fingerprint density at radius 3 is 2.69 bits per heavy atom. The molecule has 0 fully saturated rings. The Morgan fingerprint density at radius 2 is 2.00 bits per heavy atom. The van der Waals surface area contributed by atoms with Crippen LogP contribution in [0.3, 0.4) is 0 Å². The summed E-state index contributed by atoms with van der Waals surface area (Å²) in [5, 5.41) is 4.83. The third kappa shape index (κ3) is 6.23. The summed E-state index contributed by atoms with van der Waals surface area (Å²) < 4.78 is 27.5. The van der Waals surface area contributed by atoms with Crippen molar-refractivity contribution in [2.45, 2.75) is 57.0 Å². The molecule has 1 aromatic heterocycles. The first-order valence-electron chi connectivity index (χ1n) is 8.85. The molecule has 26 heavy (non-hydrogen) atoms. The Labute approximate surface area is 159 Å². The smallest absolute Gasteiger partial charge is 0.251 e. The fraction of sp³-hybridized carbons (Fsp3) is 0.421. The van der Waals surface area contributed by atoms with Crippen molar-refractivity contribution in [1.82, 2.24) is 10.0 Å². The van der Waals surface area contributed by atoms with Gasteiger partial charge in [0.15, 0.2) is 0 Å². The largest absolute Gasteiger partial charge is 0.350 e. The molecule has 2 aromatic rings. The maximum absolute atomic E-state index is 12.5. The van der Waals surface area contributed by atoms with Crippen molar-refractivity contribution in [3.63, 3.8) is 0 Å². The fourth-order valence-corrected chi connectivity index (χ4v) is 4.33. The SMILES string of the molecule is CCCCCC(C)NC(=O)c1cccc(S(=O)(=O)NCc2cccs2)c1. The lowest BCUT2D eigenvalue weighted by Crippen LogP contribution is -2.32. The van der Waals surface area contributed by atoms with Gasteiger partial charge in [0, 0.05) is 23.0 Å². The molecule has 7 heteroatoms. The lowest BCUT2D eigenvalue weighted by atomic mass is 10.1. The van der Waals surface area contributed by atoms with E-state index in [4.69, 9.17) is 0 Å². The van der Waals surface area contributed by atoms with Crippen LogP contribution in [0.15, 0.2) is 46.7 Å². The zero-order chi connectivity index (χ0) is 19.0. The van der Waals surface area contributed by atoms with Gasteiger partial charge in [-0.05, 0) is 43.0 Å². The van der Waals surface area contributed by atoms with Gasteiger partial charge in [0.2, 0.25) is 10.0 Å². The summed E-state index contributed by atoms with van der Waals surface area (Å²) in [6.45, 7) is 4.35. The number of sulfonamides is 1. The minimum Gasteiger partial charge on any atom is -0.350 e. The van der Waals surface area contributed by atoms with Gasteiger partial charge in [-0.15, -0.1) is 11.3 Å². The molecule has 0 spiro atoms. The Balaban J connectivity index is 2.00. The van der Waals surface area contributed by atoms with Crippen molar-refractivity contribution in [2.24, 2.45) is 0 Å². The van der Waals surface area contributed by atoms with E-state index < -0.39 is 10.0 Å². The fourth-order valence-electron chi connectivity index (χ4n) is 2.55. The predicted octanol–water partition coefficient (Wildman–Crippen LogP) is 3.93. The summed E-state index contributed by atoms with van der Waals surface area (Å²) in [6.07, 6.45) is 4.27.